The maximum atomic E-state index is 12.4. The van der Waals surface area contributed by atoms with E-state index in [9.17, 15) is 18.0 Å². The van der Waals surface area contributed by atoms with Gasteiger partial charge in [0.05, 0.1) is 5.56 Å². The van der Waals surface area contributed by atoms with E-state index in [1.54, 1.807) is 0 Å². The summed E-state index contributed by atoms with van der Waals surface area (Å²) in [6.07, 6.45) is -3.08. The lowest BCUT2D eigenvalue weighted by Gasteiger charge is -2.28. The van der Waals surface area contributed by atoms with E-state index >= 15 is 0 Å². The zero-order chi connectivity index (χ0) is 13.9. The van der Waals surface area contributed by atoms with Crippen molar-refractivity contribution in [1.82, 2.24) is 9.88 Å². The van der Waals surface area contributed by atoms with Gasteiger partial charge in [-0.25, -0.2) is 4.98 Å². The Morgan fingerprint density at radius 2 is 2.11 bits per heavy atom. The van der Waals surface area contributed by atoms with E-state index in [-0.39, 0.29) is 11.4 Å². The highest BCUT2D eigenvalue weighted by Crippen LogP contribution is 2.21. The molecule has 0 aliphatic heterocycles. The third kappa shape index (κ3) is 3.61. The summed E-state index contributed by atoms with van der Waals surface area (Å²) in [4.78, 5) is 16.4. The second-order valence-electron chi connectivity index (χ2n) is 4.08. The normalized spacial score (nSPS) is 11.7. The summed E-state index contributed by atoms with van der Waals surface area (Å²) in [5, 5.41) is 0. The number of nitrogens with zero attached hydrogens (tertiary/aromatic N) is 2. The molecule has 0 saturated heterocycles. The van der Waals surface area contributed by atoms with Crippen LogP contribution in [0.1, 0.15) is 24.2 Å². The van der Waals surface area contributed by atoms with Crippen LogP contribution < -0.4 is 5.73 Å². The molecule has 2 N–H and O–H groups in total. The number of carbonyl (C=O) groups excluding carboxylic acids is 1. The molecule has 1 amide bonds. The number of halogens is 3. The highest BCUT2D eigenvalue weighted by Gasteiger charge is 2.35. The van der Waals surface area contributed by atoms with Crippen LogP contribution >= 0.6 is 0 Å². The molecule has 0 bridgehead atoms. The number of pyridine rings is 1. The summed E-state index contributed by atoms with van der Waals surface area (Å²) >= 11 is 0. The van der Waals surface area contributed by atoms with E-state index in [1.807, 2.05) is 0 Å². The number of alkyl halides is 3. The third-order valence-electron chi connectivity index (χ3n) is 2.30. The van der Waals surface area contributed by atoms with Crippen LogP contribution in [0.25, 0.3) is 0 Å². The van der Waals surface area contributed by atoms with Crippen LogP contribution in [0.4, 0.5) is 19.0 Å². The predicted octanol–water partition coefficient (Wildman–Crippen LogP) is 2.08. The molecule has 0 aliphatic rings. The molecule has 0 radical (unpaired) electrons. The highest BCUT2D eigenvalue weighted by atomic mass is 19.4. The van der Waals surface area contributed by atoms with Gasteiger partial charge in [0.1, 0.15) is 12.4 Å². The van der Waals surface area contributed by atoms with Crippen molar-refractivity contribution < 1.29 is 18.0 Å². The first-order valence-corrected chi connectivity index (χ1v) is 5.30. The fourth-order valence-electron chi connectivity index (χ4n) is 1.44. The molecule has 1 aromatic heterocycles. The van der Waals surface area contributed by atoms with Gasteiger partial charge in [-0.1, -0.05) is 0 Å². The monoisotopic (exact) mass is 261 g/mol. The maximum absolute atomic E-state index is 12.4. The van der Waals surface area contributed by atoms with E-state index in [0.29, 0.717) is 4.90 Å². The van der Waals surface area contributed by atoms with Crippen LogP contribution in [0.15, 0.2) is 18.3 Å². The molecule has 0 fully saturated rings. The number of nitrogens with two attached hydrogens (primary N) is 1. The molecular weight excluding hydrogens is 247 g/mol. The molecule has 0 saturated carbocycles. The van der Waals surface area contributed by atoms with Crippen molar-refractivity contribution in [1.29, 1.82) is 0 Å². The topological polar surface area (TPSA) is 59.2 Å². The molecule has 0 spiro atoms. The van der Waals surface area contributed by atoms with Crippen LogP contribution in [-0.4, -0.2) is 34.6 Å². The van der Waals surface area contributed by atoms with Crippen LogP contribution in [0, 0.1) is 0 Å². The Bertz CT molecular complexity index is 432. The SMILES string of the molecule is CC(C)N(CC(F)(F)F)C(=O)c1cccnc1N. The molecule has 0 unspecified atom stereocenters. The van der Waals surface area contributed by atoms with Crippen molar-refractivity contribution in [3.63, 3.8) is 0 Å². The zero-order valence-corrected chi connectivity index (χ0v) is 10.0. The van der Waals surface area contributed by atoms with Gasteiger partial charge in [-0.15, -0.1) is 0 Å². The summed E-state index contributed by atoms with van der Waals surface area (Å²) in [5.74, 6) is -0.844. The standard InChI is InChI=1S/C11H14F3N3O/c1-7(2)17(6-11(12,13)14)10(18)8-4-3-5-16-9(8)15/h3-5,7H,6H2,1-2H3,(H2,15,16). The highest BCUT2D eigenvalue weighted by molar-refractivity contribution is 5.98. The van der Waals surface area contributed by atoms with Crippen molar-refractivity contribution >= 4 is 11.7 Å². The van der Waals surface area contributed by atoms with Gasteiger partial charge in [-0.2, -0.15) is 13.2 Å². The molecule has 1 aromatic rings. The minimum Gasteiger partial charge on any atom is -0.383 e. The number of carbonyl (C=O) groups is 1. The van der Waals surface area contributed by atoms with Crippen molar-refractivity contribution in [3.05, 3.63) is 23.9 Å². The van der Waals surface area contributed by atoms with Crippen LogP contribution in [0.2, 0.25) is 0 Å². The Balaban J connectivity index is 3.01. The van der Waals surface area contributed by atoms with Gasteiger partial charge >= 0.3 is 6.18 Å². The number of aromatic nitrogens is 1. The fraction of sp³-hybridized carbons (Fsp3) is 0.455. The van der Waals surface area contributed by atoms with Gasteiger partial charge in [0.2, 0.25) is 0 Å². The van der Waals surface area contributed by atoms with Crippen LogP contribution in [-0.2, 0) is 0 Å². The summed E-state index contributed by atoms with van der Waals surface area (Å²) in [6.45, 7) is 1.71. The van der Waals surface area contributed by atoms with Gasteiger partial charge in [-0.05, 0) is 26.0 Å². The third-order valence-corrected chi connectivity index (χ3v) is 2.30. The first-order chi connectivity index (χ1) is 8.22. The van der Waals surface area contributed by atoms with Gasteiger partial charge in [0.25, 0.3) is 5.91 Å². The van der Waals surface area contributed by atoms with Crippen molar-refractivity contribution in [3.8, 4) is 0 Å². The average Bonchev–Trinajstić information content (AvgIpc) is 2.24. The first kappa shape index (κ1) is 14.3. The Morgan fingerprint density at radius 3 is 2.56 bits per heavy atom. The largest absolute Gasteiger partial charge is 0.406 e. The number of hydrogen-bond acceptors (Lipinski definition) is 3. The van der Waals surface area contributed by atoms with Gasteiger partial charge in [0, 0.05) is 12.2 Å². The van der Waals surface area contributed by atoms with Gasteiger partial charge in [0.15, 0.2) is 0 Å². The van der Waals surface area contributed by atoms with E-state index in [1.165, 1.54) is 32.2 Å². The predicted molar refractivity (Wildman–Crippen MR) is 60.9 cm³/mol. The minimum atomic E-state index is -4.45. The quantitative estimate of drug-likeness (QED) is 0.906. The van der Waals surface area contributed by atoms with E-state index in [2.05, 4.69) is 4.98 Å². The molecule has 100 valence electrons. The van der Waals surface area contributed by atoms with Crippen molar-refractivity contribution in [2.45, 2.75) is 26.1 Å². The summed E-state index contributed by atoms with van der Waals surface area (Å²) in [7, 11) is 0. The smallest absolute Gasteiger partial charge is 0.383 e. The molecule has 0 aliphatic carbocycles. The summed E-state index contributed by atoms with van der Waals surface area (Å²) in [6, 6.07) is 2.23. The zero-order valence-electron chi connectivity index (χ0n) is 10.0. The second-order valence-corrected chi connectivity index (χ2v) is 4.08. The molecule has 18 heavy (non-hydrogen) atoms. The lowest BCUT2D eigenvalue weighted by atomic mass is 10.2. The lowest BCUT2D eigenvalue weighted by Crippen LogP contribution is -2.43. The Kier molecular flexibility index (Phi) is 4.15. The molecular formula is C11H14F3N3O. The number of hydrogen-bond donors (Lipinski definition) is 1. The molecule has 1 rings (SSSR count). The number of rotatable bonds is 3. The fourth-order valence-corrected chi connectivity index (χ4v) is 1.44. The molecule has 7 heteroatoms. The number of amides is 1. The maximum Gasteiger partial charge on any atom is 0.406 e. The molecule has 4 nitrogen and oxygen atoms in total. The minimum absolute atomic E-state index is 0.0181. The van der Waals surface area contributed by atoms with Crippen molar-refractivity contribution in [2.75, 3.05) is 12.3 Å². The van der Waals surface area contributed by atoms with E-state index in [0.717, 1.165) is 0 Å². The van der Waals surface area contributed by atoms with Crippen LogP contribution in [0.5, 0.6) is 0 Å². The summed E-state index contributed by atoms with van der Waals surface area (Å²) < 4.78 is 37.2. The van der Waals surface area contributed by atoms with E-state index in [4.69, 9.17) is 5.73 Å². The Hall–Kier alpha value is -1.79. The van der Waals surface area contributed by atoms with Crippen LogP contribution in [0.3, 0.4) is 0 Å². The first-order valence-electron chi connectivity index (χ1n) is 5.30. The molecule has 1 heterocycles. The Labute approximate surface area is 103 Å². The lowest BCUT2D eigenvalue weighted by molar-refractivity contribution is -0.143. The summed E-state index contributed by atoms with van der Waals surface area (Å²) in [5.41, 5.74) is 5.47. The Morgan fingerprint density at radius 1 is 1.50 bits per heavy atom. The van der Waals surface area contributed by atoms with E-state index < -0.39 is 24.7 Å². The van der Waals surface area contributed by atoms with Gasteiger partial charge < -0.3 is 10.6 Å². The van der Waals surface area contributed by atoms with Crippen molar-refractivity contribution in [2.24, 2.45) is 0 Å². The average molecular weight is 261 g/mol. The van der Waals surface area contributed by atoms with Gasteiger partial charge in [-0.3, -0.25) is 4.79 Å². The second kappa shape index (κ2) is 5.24. The molecule has 0 atom stereocenters. The number of nitrogen functional groups attached to an aromatic ring is 1. The molecule has 0 aromatic carbocycles. The number of anilines is 1.